The molecule has 0 heterocycles. The molecular formula is C13H27N3O2. The molecule has 0 spiro atoms. The fraction of sp³-hybridized carbons (Fsp3) is 0.846. The SMILES string of the molecule is CCC(C)CCCCNC(=O)C(CC(N)=O)NC. The summed E-state index contributed by atoms with van der Waals surface area (Å²) in [4.78, 5) is 22.4. The van der Waals surface area contributed by atoms with Crippen LogP contribution in [0.4, 0.5) is 0 Å². The molecule has 0 aromatic heterocycles. The quantitative estimate of drug-likeness (QED) is 0.506. The predicted octanol–water partition coefficient (Wildman–Crippen LogP) is 0.782. The van der Waals surface area contributed by atoms with Gasteiger partial charge in [0, 0.05) is 6.54 Å². The molecule has 5 nitrogen and oxygen atoms in total. The lowest BCUT2D eigenvalue weighted by Gasteiger charge is -2.14. The van der Waals surface area contributed by atoms with Crippen molar-refractivity contribution < 1.29 is 9.59 Å². The smallest absolute Gasteiger partial charge is 0.237 e. The second-order valence-electron chi connectivity index (χ2n) is 4.81. The summed E-state index contributed by atoms with van der Waals surface area (Å²) in [5, 5.41) is 5.61. The zero-order chi connectivity index (χ0) is 14.0. The average molecular weight is 257 g/mol. The number of likely N-dealkylation sites (N-methyl/N-ethyl adjacent to an activating group) is 1. The normalized spacial score (nSPS) is 13.9. The highest BCUT2D eigenvalue weighted by Gasteiger charge is 2.17. The van der Waals surface area contributed by atoms with E-state index in [0.717, 1.165) is 18.8 Å². The van der Waals surface area contributed by atoms with Gasteiger partial charge in [-0.05, 0) is 19.4 Å². The summed E-state index contributed by atoms with van der Waals surface area (Å²) in [5.41, 5.74) is 5.07. The molecule has 0 saturated heterocycles. The minimum atomic E-state index is -0.517. The van der Waals surface area contributed by atoms with E-state index in [1.54, 1.807) is 7.05 Å². The minimum Gasteiger partial charge on any atom is -0.370 e. The Morgan fingerprint density at radius 1 is 1.28 bits per heavy atom. The van der Waals surface area contributed by atoms with Crippen molar-refractivity contribution in [2.75, 3.05) is 13.6 Å². The van der Waals surface area contributed by atoms with Gasteiger partial charge in [0.25, 0.3) is 0 Å². The first-order chi connectivity index (χ1) is 8.51. The Hall–Kier alpha value is -1.10. The van der Waals surface area contributed by atoms with E-state index in [4.69, 9.17) is 5.73 Å². The lowest BCUT2D eigenvalue weighted by atomic mass is 10.0. The third-order valence-corrected chi connectivity index (χ3v) is 3.19. The van der Waals surface area contributed by atoms with Gasteiger partial charge >= 0.3 is 0 Å². The Bertz CT molecular complexity index is 257. The molecule has 5 heteroatoms. The molecule has 0 aliphatic heterocycles. The molecule has 2 atom stereocenters. The van der Waals surface area contributed by atoms with Crippen LogP contribution in [0.15, 0.2) is 0 Å². The van der Waals surface area contributed by atoms with Crippen LogP contribution < -0.4 is 16.4 Å². The maximum atomic E-state index is 11.7. The number of amides is 2. The summed E-state index contributed by atoms with van der Waals surface area (Å²) < 4.78 is 0. The van der Waals surface area contributed by atoms with Crippen molar-refractivity contribution in [2.45, 2.75) is 52.0 Å². The van der Waals surface area contributed by atoms with Gasteiger partial charge in [-0.2, -0.15) is 0 Å². The molecule has 2 unspecified atom stereocenters. The number of nitrogens with two attached hydrogens (primary N) is 1. The van der Waals surface area contributed by atoms with Crippen LogP contribution in [0.25, 0.3) is 0 Å². The number of primary amides is 1. The van der Waals surface area contributed by atoms with Gasteiger partial charge in [-0.15, -0.1) is 0 Å². The molecule has 0 aliphatic carbocycles. The van der Waals surface area contributed by atoms with Gasteiger partial charge in [0.1, 0.15) is 0 Å². The van der Waals surface area contributed by atoms with Crippen LogP contribution >= 0.6 is 0 Å². The molecule has 0 rings (SSSR count). The molecule has 106 valence electrons. The van der Waals surface area contributed by atoms with Gasteiger partial charge in [0.15, 0.2) is 0 Å². The highest BCUT2D eigenvalue weighted by Crippen LogP contribution is 2.10. The second kappa shape index (κ2) is 9.88. The first kappa shape index (κ1) is 16.9. The lowest BCUT2D eigenvalue weighted by molar-refractivity contribution is -0.127. The number of unbranched alkanes of at least 4 members (excludes halogenated alkanes) is 1. The first-order valence-electron chi connectivity index (χ1n) is 6.74. The summed E-state index contributed by atoms with van der Waals surface area (Å²) in [6.07, 6.45) is 4.53. The molecule has 0 radical (unpaired) electrons. The van der Waals surface area contributed by atoms with Gasteiger partial charge < -0.3 is 16.4 Å². The third kappa shape index (κ3) is 8.06. The van der Waals surface area contributed by atoms with E-state index >= 15 is 0 Å². The topological polar surface area (TPSA) is 84.2 Å². The van der Waals surface area contributed by atoms with E-state index in [2.05, 4.69) is 24.5 Å². The monoisotopic (exact) mass is 257 g/mol. The van der Waals surface area contributed by atoms with E-state index < -0.39 is 11.9 Å². The zero-order valence-electron chi connectivity index (χ0n) is 11.8. The van der Waals surface area contributed by atoms with Crippen LogP contribution in [0.2, 0.25) is 0 Å². The van der Waals surface area contributed by atoms with E-state index in [-0.39, 0.29) is 12.3 Å². The standard InChI is InChI=1S/C13H27N3O2/c1-4-10(2)7-5-6-8-16-13(18)11(15-3)9-12(14)17/h10-11,15H,4-9H2,1-3H3,(H2,14,17)(H,16,18). The van der Waals surface area contributed by atoms with Gasteiger partial charge in [-0.1, -0.05) is 33.1 Å². The molecule has 18 heavy (non-hydrogen) atoms. The van der Waals surface area contributed by atoms with Crippen LogP contribution in [0.5, 0.6) is 0 Å². The van der Waals surface area contributed by atoms with Crippen LogP contribution in [-0.2, 0) is 9.59 Å². The number of hydrogen-bond donors (Lipinski definition) is 3. The van der Waals surface area contributed by atoms with Crippen molar-refractivity contribution in [2.24, 2.45) is 11.7 Å². The molecule has 0 bridgehead atoms. The minimum absolute atomic E-state index is 0.0369. The molecule has 4 N–H and O–H groups in total. The van der Waals surface area contributed by atoms with Crippen molar-refractivity contribution in [1.29, 1.82) is 0 Å². The largest absolute Gasteiger partial charge is 0.370 e. The maximum Gasteiger partial charge on any atom is 0.237 e. The van der Waals surface area contributed by atoms with Crippen LogP contribution in [-0.4, -0.2) is 31.4 Å². The maximum absolute atomic E-state index is 11.7. The zero-order valence-corrected chi connectivity index (χ0v) is 11.8. The Kier molecular flexibility index (Phi) is 9.28. The van der Waals surface area contributed by atoms with E-state index in [9.17, 15) is 9.59 Å². The van der Waals surface area contributed by atoms with Crippen molar-refractivity contribution >= 4 is 11.8 Å². The van der Waals surface area contributed by atoms with E-state index in [1.807, 2.05) is 0 Å². The molecule has 0 fully saturated rings. The fourth-order valence-electron chi connectivity index (χ4n) is 1.68. The van der Waals surface area contributed by atoms with E-state index in [1.165, 1.54) is 12.8 Å². The summed E-state index contributed by atoms with van der Waals surface area (Å²) in [6, 6.07) is -0.517. The fourth-order valence-corrected chi connectivity index (χ4v) is 1.68. The molecule has 0 aliphatic rings. The van der Waals surface area contributed by atoms with Crippen molar-refractivity contribution in [3.63, 3.8) is 0 Å². The first-order valence-corrected chi connectivity index (χ1v) is 6.74. The Labute approximate surface area is 110 Å². The number of nitrogens with one attached hydrogen (secondary N) is 2. The van der Waals surface area contributed by atoms with Crippen molar-refractivity contribution in [1.82, 2.24) is 10.6 Å². The Morgan fingerprint density at radius 3 is 2.44 bits per heavy atom. The van der Waals surface area contributed by atoms with Gasteiger partial charge in [-0.3, -0.25) is 9.59 Å². The van der Waals surface area contributed by atoms with Crippen LogP contribution in [0.3, 0.4) is 0 Å². The van der Waals surface area contributed by atoms with Gasteiger partial charge in [0.2, 0.25) is 11.8 Å². The molecular weight excluding hydrogens is 230 g/mol. The average Bonchev–Trinajstić information content (AvgIpc) is 2.34. The van der Waals surface area contributed by atoms with Crippen LogP contribution in [0, 0.1) is 5.92 Å². The highest BCUT2D eigenvalue weighted by molar-refractivity contribution is 5.87. The number of hydrogen-bond acceptors (Lipinski definition) is 3. The van der Waals surface area contributed by atoms with Crippen molar-refractivity contribution in [3.05, 3.63) is 0 Å². The molecule has 0 aromatic rings. The summed E-state index contributed by atoms with van der Waals surface area (Å²) >= 11 is 0. The van der Waals surface area contributed by atoms with Gasteiger partial charge in [-0.25, -0.2) is 0 Å². The summed E-state index contributed by atoms with van der Waals surface area (Å²) in [6.45, 7) is 5.09. The van der Waals surface area contributed by atoms with Crippen molar-refractivity contribution in [3.8, 4) is 0 Å². The number of carbonyl (C=O) groups is 2. The number of carbonyl (C=O) groups excluding carboxylic acids is 2. The molecule has 2 amide bonds. The van der Waals surface area contributed by atoms with Crippen LogP contribution in [0.1, 0.15) is 46.0 Å². The molecule has 0 aromatic carbocycles. The Morgan fingerprint density at radius 2 is 1.94 bits per heavy atom. The number of rotatable bonds is 10. The summed E-state index contributed by atoms with van der Waals surface area (Å²) in [5.74, 6) is 0.127. The van der Waals surface area contributed by atoms with E-state index in [0.29, 0.717) is 6.54 Å². The second-order valence-corrected chi connectivity index (χ2v) is 4.81. The Balaban J connectivity index is 3.71. The molecule has 0 saturated carbocycles. The highest BCUT2D eigenvalue weighted by atomic mass is 16.2. The van der Waals surface area contributed by atoms with Gasteiger partial charge in [0.05, 0.1) is 12.5 Å². The third-order valence-electron chi connectivity index (χ3n) is 3.19. The lowest BCUT2D eigenvalue weighted by Crippen LogP contribution is -2.45. The predicted molar refractivity (Wildman–Crippen MR) is 73.0 cm³/mol. The summed E-state index contributed by atoms with van der Waals surface area (Å²) in [7, 11) is 1.65.